The van der Waals surface area contributed by atoms with Gasteiger partial charge in [-0.15, -0.1) is 0 Å². The van der Waals surface area contributed by atoms with Crippen LogP contribution in [0.2, 0.25) is 6.04 Å². The van der Waals surface area contributed by atoms with Crippen LogP contribution in [0.25, 0.3) is 0 Å². The molecule has 0 spiro atoms. The molecule has 2 atom stereocenters. The third-order valence-electron chi connectivity index (χ3n) is 4.58. The Balaban J connectivity index is 2.13. The van der Waals surface area contributed by atoms with Crippen LogP contribution in [0.1, 0.15) is 20.3 Å². The predicted octanol–water partition coefficient (Wildman–Crippen LogP) is 1.08. The molecule has 0 unspecified atom stereocenters. The molecule has 0 N–H and O–H groups in total. The number of rotatable bonds is 1. The second-order valence-corrected chi connectivity index (χ2v) is 10.1. The summed E-state index contributed by atoms with van der Waals surface area (Å²) in [5.74, 6) is 0. The Morgan fingerprint density at radius 1 is 1.20 bits per heavy atom. The molecule has 88 valence electrons. The molecule has 0 saturated carbocycles. The van der Waals surface area contributed by atoms with Crippen LogP contribution in [0, 0.1) is 0 Å². The number of quaternary nitrogens is 1. The molecule has 3 rings (SSSR count). The molecule has 5 heteroatoms. The van der Waals surface area contributed by atoms with Crippen LogP contribution in [0.3, 0.4) is 0 Å². The monoisotopic (exact) mass is 231 g/mol. The Labute approximate surface area is 91.6 Å². The van der Waals surface area contributed by atoms with Crippen LogP contribution in [0.5, 0.6) is 0 Å². The number of nitrogens with zero attached hydrogens (tertiary/aromatic N) is 1. The molecule has 0 radical (unpaired) electrons. The molecule has 15 heavy (non-hydrogen) atoms. The fourth-order valence-corrected chi connectivity index (χ4v) is 10.6. The second-order valence-electron chi connectivity index (χ2n) is 5.51. The minimum absolute atomic E-state index is 0.297. The third-order valence-corrected chi connectivity index (χ3v) is 10.7. The summed E-state index contributed by atoms with van der Waals surface area (Å²) in [6.07, 6.45) is 1.79. The van der Waals surface area contributed by atoms with Crippen molar-refractivity contribution in [3.05, 3.63) is 0 Å². The van der Waals surface area contributed by atoms with Crippen LogP contribution >= 0.6 is 0 Å². The Kier molecular flexibility index (Phi) is 1.81. The van der Waals surface area contributed by atoms with Crippen molar-refractivity contribution in [3.8, 4) is 0 Å². The maximum absolute atomic E-state index is 6.28. The molecule has 0 aromatic carbocycles. The van der Waals surface area contributed by atoms with E-state index in [9.17, 15) is 0 Å². The molecule has 3 fully saturated rings. The number of hydrogen-bond acceptors (Lipinski definition) is 3. The van der Waals surface area contributed by atoms with Gasteiger partial charge in [0.15, 0.2) is 0 Å². The summed E-state index contributed by atoms with van der Waals surface area (Å²) in [5, 5.41) is 0. The van der Waals surface area contributed by atoms with E-state index in [4.69, 9.17) is 13.3 Å². The van der Waals surface area contributed by atoms with Gasteiger partial charge in [-0.05, 0) is 0 Å². The van der Waals surface area contributed by atoms with Crippen molar-refractivity contribution in [3.63, 3.8) is 0 Å². The fourth-order valence-electron chi connectivity index (χ4n) is 4.35. The summed E-state index contributed by atoms with van der Waals surface area (Å²) in [5.41, 5.74) is 0. The molecule has 4 nitrogen and oxygen atoms in total. The first-order chi connectivity index (χ1) is 7.04. The van der Waals surface area contributed by atoms with E-state index in [1.807, 2.05) is 0 Å². The van der Waals surface area contributed by atoms with Crippen molar-refractivity contribution < 1.29 is 17.4 Å². The average Bonchev–Trinajstić information content (AvgIpc) is 2.58. The Morgan fingerprint density at radius 3 is 2.27 bits per heavy atom. The van der Waals surface area contributed by atoms with Crippen LogP contribution in [-0.4, -0.2) is 51.3 Å². The maximum atomic E-state index is 6.28. The van der Waals surface area contributed by atoms with Crippen molar-refractivity contribution in [2.75, 3.05) is 26.7 Å². The van der Waals surface area contributed by atoms with Crippen molar-refractivity contribution >= 4 is 8.24 Å². The van der Waals surface area contributed by atoms with Gasteiger partial charge >= 0.3 is 90.9 Å². The summed E-state index contributed by atoms with van der Waals surface area (Å²) in [4.78, 5) is 0. The van der Waals surface area contributed by atoms with Crippen LogP contribution < -0.4 is 0 Å². The van der Waals surface area contributed by atoms with Gasteiger partial charge < -0.3 is 0 Å². The molecular formula is C10H21NO3Si. The molecule has 0 amide bonds. The zero-order chi connectivity index (χ0) is 10.8. The summed E-state index contributed by atoms with van der Waals surface area (Å²) in [7, 11) is -1.26. The van der Waals surface area contributed by atoms with Gasteiger partial charge in [0.1, 0.15) is 0 Å². The van der Waals surface area contributed by atoms with Gasteiger partial charge in [0.25, 0.3) is 0 Å². The van der Waals surface area contributed by atoms with E-state index in [0.717, 1.165) is 23.3 Å². The first-order valence-corrected chi connectivity index (χ1v) is 8.37. The molecule has 3 aliphatic heterocycles. The van der Waals surface area contributed by atoms with Gasteiger partial charge in [0, 0.05) is 0 Å². The second kappa shape index (κ2) is 2.65. The van der Waals surface area contributed by atoms with Gasteiger partial charge in [-0.3, -0.25) is 0 Å². The minimum atomic E-state index is -3.06. The molecule has 3 saturated heterocycles. The van der Waals surface area contributed by atoms with Gasteiger partial charge in [0.2, 0.25) is 0 Å². The summed E-state index contributed by atoms with van der Waals surface area (Å²) in [6.45, 7) is 7.67. The van der Waals surface area contributed by atoms with Crippen molar-refractivity contribution in [1.82, 2.24) is 0 Å². The Morgan fingerprint density at radius 2 is 1.80 bits per heavy atom. The first kappa shape index (κ1) is 10.2. The quantitative estimate of drug-likeness (QED) is 0.632. The molecule has 0 bridgehead atoms. The van der Waals surface area contributed by atoms with E-state index in [1.54, 1.807) is 7.11 Å². The summed E-state index contributed by atoms with van der Waals surface area (Å²) >= 11 is 0. The Hall–Kier alpha value is 0.0569. The average molecular weight is 231 g/mol. The summed E-state index contributed by atoms with van der Waals surface area (Å²) in [6, 6.07) is 1.02. The topological polar surface area (TPSA) is 27.7 Å². The fraction of sp³-hybridized carbons (Fsp3) is 1.00. The van der Waals surface area contributed by atoms with Gasteiger partial charge in [-0.25, -0.2) is 0 Å². The van der Waals surface area contributed by atoms with E-state index in [0.29, 0.717) is 12.2 Å². The molecule has 0 aliphatic carbocycles. The zero-order valence-electron chi connectivity index (χ0n) is 9.86. The van der Waals surface area contributed by atoms with E-state index in [-0.39, 0.29) is 0 Å². The SMILES string of the molecule is CO[Si-]123CCC[N+]1(C[C@H](C)O2)C[C@H](C)O3. The van der Waals surface area contributed by atoms with Gasteiger partial charge in [-0.2, -0.15) is 0 Å². The van der Waals surface area contributed by atoms with Gasteiger partial charge in [-0.1, -0.05) is 0 Å². The van der Waals surface area contributed by atoms with Crippen molar-refractivity contribution in [2.45, 2.75) is 38.5 Å². The molecule has 0 aromatic rings. The number of hydrogen-bond donors (Lipinski definition) is 0. The standard InChI is InChI=1S/C10H21NO3Si/c1-9-7-11-5-4-6-15(11,12-3,13-9)14-10(2)8-11/h9-10H,4-8H2,1-3H3/t9-,10-/m0/s1. The summed E-state index contributed by atoms with van der Waals surface area (Å²) < 4.78 is 19.5. The Bertz CT molecular complexity index is 295. The van der Waals surface area contributed by atoms with Crippen LogP contribution in [-0.2, 0) is 13.3 Å². The molecule has 3 aliphatic rings. The molecular weight excluding hydrogens is 210 g/mol. The van der Waals surface area contributed by atoms with E-state index in [2.05, 4.69) is 13.8 Å². The normalized spacial score (nSPS) is 53.1. The van der Waals surface area contributed by atoms with Crippen molar-refractivity contribution in [1.29, 1.82) is 0 Å². The van der Waals surface area contributed by atoms with Crippen molar-refractivity contribution in [2.24, 2.45) is 0 Å². The molecule has 0 aromatic heterocycles. The van der Waals surface area contributed by atoms with Crippen LogP contribution in [0.15, 0.2) is 0 Å². The zero-order valence-corrected chi connectivity index (χ0v) is 10.9. The van der Waals surface area contributed by atoms with E-state index >= 15 is 0 Å². The van der Waals surface area contributed by atoms with Gasteiger partial charge in [0.05, 0.1) is 0 Å². The first-order valence-electron chi connectivity index (χ1n) is 5.99. The van der Waals surface area contributed by atoms with E-state index < -0.39 is 8.24 Å². The predicted molar refractivity (Wildman–Crippen MR) is 58.1 cm³/mol. The van der Waals surface area contributed by atoms with Crippen LogP contribution in [0.4, 0.5) is 0 Å². The molecule has 3 heterocycles. The third kappa shape index (κ3) is 0.923. The van der Waals surface area contributed by atoms with E-state index in [1.165, 1.54) is 13.0 Å².